The van der Waals surface area contributed by atoms with Gasteiger partial charge in [0.1, 0.15) is 0 Å². The molecule has 0 bridgehead atoms. The van der Waals surface area contributed by atoms with Crippen LogP contribution >= 0.6 is 37.2 Å². The average Bonchev–Trinajstić information content (AvgIpc) is 2.34. The molecule has 0 saturated carbocycles. The second-order valence-corrected chi connectivity index (χ2v) is 14.5. The summed E-state index contributed by atoms with van der Waals surface area (Å²) >= 11 is -0.374. The van der Waals surface area contributed by atoms with Crippen LogP contribution in [0.1, 0.15) is 19.8 Å². The molecule has 9 heavy (non-hydrogen) atoms. The summed E-state index contributed by atoms with van der Waals surface area (Å²) in [7, 11) is 4.37. The van der Waals surface area contributed by atoms with E-state index in [2.05, 4.69) is 25.7 Å². The van der Waals surface area contributed by atoms with Crippen LogP contribution in [-0.4, -0.2) is 14.6 Å². The minimum atomic E-state index is -0.374. The Balaban J connectivity index is 1.98. The molecule has 0 unspecified atom stereocenters. The van der Waals surface area contributed by atoms with Gasteiger partial charge in [0, 0.05) is 0 Å². The standard InChI is InChI=1S/C6H13IS2/c1-2-3-4-7-5-6-8-9-7/h2-6H2,1H3. The first kappa shape index (κ1) is 8.53. The van der Waals surface area contributed by atoms with Gasteiger partial charge in [-0.05, 0) is 0 Å². The first-order chi connectivity index (χ1) is 4.43. The Morgan fingerprint density at radius 2 is 2.44 bits per heavy atom. The molecule has 0 aromatic carbocycles. The second-order valence-electron chi connectivity index (χ2n) is 2.02. The van der Waals surface area contributed by atoms with E-state index in [0.29, 0.717) is 0 Å². The van der Waals surface area contributed by atoms with E-state index in [4.69, 9.17) is 0 Å². The van der Waals surface area contributed by atoms with Gasteiger partial charge >= 0.3 is 71.6 Å². The Labute approximate surface area is 71.2 Å². The van der Waals surface area contributed by atoms with Gasteiger partial charge in [-0.1, -0.05) is 0 Å². The summed E-state index contributed by atoms with van der Waals surface area (Å²) in [6, 6.07) is 0. The molecule has 3 heteroatoms. The Bertz CT molecular complexity index is 71.5. The van der Waals surface area contributed by atoms with E-state index < -0.39 is 0 Å². The van der Waals surface area contributed by atoms with Crippen molar-refractivity contribution < 1.29 is 0 Å². The second kappa shape index (κ2) is 5.13. The van der Waals surface area contributed by atoms with Gasteiger partial charge < -0.3 is 0 Å². The third-order valence-electron chi connectivity index (χ3n) is 1.20. The van der Waals surface area contributed by atoms with Crippen molar-refractivity contribution in [2.45, 2.75) is 19.8 Å². The molecule has 1 saturated heterocycles. The third kappa shape index (κ3) is 3.37. The van der Waals surface area contributed by atoms with Crippen LogP contribution < -0.4 is 0 Å². The maximum absolute atomic E-state index is 2.30. The zero-order valence-corrected chi connectivity index (χ0v) is 9.52. The zero-order valence-electron chi connectivity index (χ0n) is 5.73. The van der Waals surface area contributed by atoms with Gasteiger partial charge in [0.2, 0.25) is 0 Å². The summed E-state index contributed by atoms with van der Waals surface area (Å²) in [5.41, 5.74) is 0. The van der Waals surface area contributed by atoms with E-state index >= 15 is 0 Å². The van der Waals surface area contributed by atoms with Crippen LogP contribution in [0.25, 0.3) is 0 Å². The fourth-order valence-electron chi connectivity index (χ4n) is 0.652. The van der Waals surface area contributed by atoms with Crippen molar-refractivity contribution in [2.75, 3.05) is 14.6 Å². The van der Waals surface area contributed by atoms with E-state index in [1.54, 1.807) is 8.86 Å². The van der Waals surface area contributed by atoms with Gasteiger partial charge in [0.05, 0.1) is 0 Å². The molecule has 0 atom stereocenters. The van der Waals surface area contributed by atoms with Crippen LogP contribution in [0.2, 0.25) is 0 Å². The molecule has 1 heterocycles. The van der Waals surface area contributed by atoms with Crippen molar-refractivity contribution in [3.63, 3.8) is 0 Å². The fraction of sp³-hybridized carbons (Fsp3) is 1.00. The molecule has 1 aliphatic heterocycles. The van der Waals surface area contributed by atoms with Crippen molar-refractivity contribution in [2.24, 2.45) is 0 Å². The Morgan fingerprint density at radius 1 is 1.56 bits per heavy atom. The molecule has 0 nitrogen and oxygen atoms in total. The normalized spacial score (nSPS) is 23.0. The molecule has 0 aromatic rings. The molecular weight excluding hydrogens is 263 g/mol. The van der Waals surface area contributed by atoms with Gasteiger partial charge in [0.15, 0.2) is 0 Å². The zero-order chi connectivity index (χ0) is 6.53. The summed E-state index contributed by atoms with van der Waals surface area (Å²) < 4.78 is 3.22. The van der Waals surface area contributed by atoms with Crippen LogP contribution in [0.4, 0.5) is 0 Å². The van der Waals surface area contributed by atoms with Crippen LogP contribution in [0.15, 0.2) is 0 Å². The average molecular weight is 276 g/mol. The van der Waals surface area contributed by atoms with Gasteiger partial charge in [0.25, 0.3) is 0 Å². The first-order valence-corrected chi connectivity index (χ1v) is 11.3. The van der Waals surface area contributed by atoms with Crippen LogP contribution in [0.5, 0.6) is 0 Å². The molecule has 0 amide bonds. The van der Waals surface area contributed by atoms with Crippen LogP contribution in [0, 0.1) is 0 Å². The summed E-state index contributed by atoms with van der Waals surface area (Å²) in [6.45, 7) is 2.30. The van der Waals surface area contributed by atoms with Crippen molar-refractivity contribution >= 4 is 37.2 Å². The fourth-order valence-corrected chi connectivity index (χ4v) is 17.7. The topological polar surface area (TPSA) is 0 Å². The number of rotatable bonds is 3. The molecule has 1 rings (SSSR count). The monoisotopic (exact) mass is 276 g/mol. The van der Waals surface area contributed by atoms with Gasteiger partial charge in [-0.25, -0.2) is 0 Å². The predicted molar refractivity (Wildman–Crippen MR) is 58.7 cm³/mol. The maximum atomic E-state index is 2.30. The Morgan fingerprint density at radius 3 is 3.00 bits per heavy atom. The number of hydrogen-bond donors (Lipinski definition) is 0. The minimum absolute atomic E-state index is 0.374. The SMILES string of the molecule is CCCCI1CCSS1. The summed E-state index contributed by atoms with van der Waals surface area (Å²) in [5.74, 6) is 1.46. The van der Waals surface area contributed by atoms with Crippen molar-refractivity contribution in [3.05, 3.63) is 0 Å². The van der Waals surface area contributed by atoms with Gasteiger partial charge in [-0.2, -0.15) is 0 Å². The van der Waals surface area contributed by atoms with Crippen molar-refractivity contribution in [3.8, 4) is 0 Å². The predicted octanol–water partition coefficient (Wildman–Crippen LogP) is 3.60. The van der Waals surface area contributed by atoms with Crippen LogP contribution in [0.3, 0.4) is 0 Å². The first-order valence-electron chi connectivity index (χ1n) is 3.35. The van der Waals surface area contributed by atoms with Crippen LogP contribution in [-0.2, 0) is 0 Å². The Hall–Kier alpha value is 1.43. The molecular formula is C6H13IS2. The molecule has 0 aliphatic carbocycles. The number of halogens is 1. The van der Waals surface area contributed by atoms with Crippen molar-refractivity contribution in [1.29, 1.82) is 0 Å². The van der Waals surface area contributed by atoms with Gasteiger partial charge in [-0.3, -0.25) is 0 Å². The molecule has 0 N–H and O–H groups in total. The van der Waals surface area contributed by atoms with Crippen molar-refractivity contribution in [1.82, 2.24) is 0 Å². The van der Waals surface area contributed by atoms with Gasteiger partial charge in [-0.15, -0.1) is 0 Å². The molecule has 56 valence electrons. The van der Waals surface area contributed by atoms with E-state index in [9.17, 15) is 0 Å². The van der Waals surface area contributed by atoms with E-state index in [1.807, 2.05) is 0 Å². The summed E-state index contributed by atoms with van der Waals surface area (Å²) in [4.78, 5) is 0. The molecule has 1 aliphatic rings. The number of unbranched alkanes of at least 4 members (excludes halogenated alkanes) is 1. The van der Waals surface area contributed by atoms with E-state index in [0.717, 1.165) is 0 Å². The van der Waals surface area contributed by atoms with E-state index in [-0.39, 0.29) is 18.4 Å². The quantitative estimate of drug-likeness (QED) is 0.439. The van der Waals surface area contributed by atoms with E-state index in [1.165, 1.54) is 18.6 Å². The summed E-state index contributed by atoms with van der Waals surface area (Å²) in [5, 5.41) is 0. The third-order valence-corrected chi connectivity index (χ3v) is 16.5. The Kier molecular flexibility index (Phi) is 4.86. The molecule has 0 radical (unpaired) electrons. The number of hydrogen-bond acceptors (Lipinski definition) is 2. The molecule has 0 aromatic heterocycles. The number of alkyl halides is 2. The summed E-state index contributed by atoms with van der Waals surface area (Å²) in [6.07, 6.45) is 2.90. The molecule has 0 spiro atoms. The molecule has 1 fully saturated rings.